The van der Waals surface area contributed by atoms with E-state index in [2.05, 4.69) is 5.10 Å². The number of rotatable bonds is 4. The van der Waals surface area contributed by atoms with Crippen LogP contribution in [-0.4, -0.2) is 32.7 Å². The summed E-state index contributed by atoms with van der Waals surface area (Å²) in [6, 6.07) is 21.3. The molecule has 2 aromatic heterocycles. The molecule has 0 spiro atoms. The van der Waals surface area contributed by atoms with Crippen molar-refractivity contribution in [2.45, 2.75) is 34.1 Å². The first-order valence-electron chi connectivity index (χ1n) is 12.6. The van der Waals surface area contributed by atoms with Gasteiger partial charge in [0, 0.05) is 35.7 Å². The Bertz CT molecular complexity index is 1460. The topological polar surface area (TPSA) is 103 Å². The fraction of sp³-hybridized carbons (Fsp3) is 0.200. The van der Waals surface area contributed by atoms with E-state index in [4.69, 9.17) is 5.73 Å². The predicted octanol–water partition coefficient (Wildman–Crippen LogP) is 4.93. The number of aromatic nitrogens is 3. The van der Waals surface area contributed by atoms with Crippen LogP contribution < -0.4 is 16.2 Å². The summed E-state index contributed by atoms with van der Waals surface area (Å²) in [6.07, 6.45) is 6.14. The van der Waals surface area contributed by atoms with E-state index in [1.807, 2.05) is 70.2 Å². The van der Waals surface area contributed by atoms with Gasteiger partial charge in [-0.15, -0.1) is 0 Å². The van der Waals surface area contributed by atoms with E-state index in [1.165, 1.54) is 15.3 Å². The number of amides is 2. The number of primary amides is 1. The molecule has 8 heteroatoms. The van der Waals surface area contributed by atoms with Gasteiger partial charge in [-0.25, -0.2) is 4.68 Å². The first kappa shape index (κ1) is 27.9. The van der Waals surface area contributed by atoms with Gasteiger partial charge in [0.2, 0.25) is 0 Å². The van der Waals surface area contributed by atoms with Crippen LogP contribution in [0.1, 0.15) is 54.2 Å². The molecule has 3 heterocycles. The number of benzene rings is 2. The lowest BCUT2D eigenvalue weighted by Gasteiger charge is -2.28. The van der Waals surface area contributed by atoms with Gasteiger partial charge in [-0.05, 0) is 62.7 Å². The zero-order valence-electron chi connectivity index (χ0n) is 22.2. The number of pyridine rings is 1. The van der Waals surface area contributed by atoms with Gasteiger partial charge in [-0.1, -0.05) is 50.3 Å². The molecule has 1 aliphatic heterocycles. The Balaban J connectivity index is 0.000000612. The molecule has 196 valence electrons. The lowest BCUT2D eigenvalue weighted by Crippen LogP contribution is -2.39. The van der Waals surface area contributed by atoms with Crippen LogP contribution in [0.4, 0.5) is 5.69 Å². The Morgan fingerprint density at radius 1 is 0.842 bits per heavy atom. The first-order valence-corrected chi connectivity index (χ1v) is 12.6. The molecule has 0 bridgehead atoms. The summed E-state index contributed by atoms with van der Waals surface area (Å²) in [4.78, 5) is 39.2. The van der Waals surface area contributed by atoms with E-state index in [0.29, 0.717) is 41.3 Å². The summed E-state index contributed by atoms with van der Waals surface area (Å²) in [5, 5.41) is 4.36. The average molecular weight is 512 g/mol. The third-order valence-corrected chi connectivity index (χ3v) is 5.85. The molecule has 2 aromatic carbocycles. The van der Waals surface area contributed by atoms with Crippen molar-refractivity contribution in [1.82, 2.24) is 14.3 Å². The number of para-hydroxylation sites is 1. The molecule has 0 fully saturated rings. The highest BCUT2D eigenvalue weighted by Gasteiger charge is 2.34. The summed E-state index contributed by atoms with van der Waals surface area (Å²) in [5.74, 6) is -0.922. The van der Waals surface area contributed by atoms with E-state index < -0.39 is 5.91 Å². The maximum Gasteiger partial charge on any atom is 0.277 e. The van der Waals surface area contributed by atoms with Crippen molar-refractivity contribution in [2.75, 3.05) is 11.4 Å². The Hall–Kier alpha value is -4.72. The maximum atomic E-state index is 13.5. The van der Waals surface area contributed by atoms with Crippen molar-refractivity contribution in [1.29, 1.82) is 0 Å². The van der Waals surface area contributed by atoms with E-state index in [-0.39, 0.29) is 17.2 Å². The zero-order valence-corrected chi connectivity index (χ0v) is 22.2. The lowest BCUT2D eigenvalue weighted by atomic mass is 10.0. The van der Waals surface area contributed by atoms with Gasteiger partial charge in [0.05, 0.1) is 5.69 Å². The second-order valence-electron chi connectivity index (χ2n) is 8.09. The van der Waals surface area contributed by atoms with Gasteiger partial charge in [-0.3, -0.25) is 19.0 Å². The molecule has 8 nitrogen and oxygen atoms in total. The summed E-state index contributed by atoms with van der Waals surface area (Å²) >= 11 is 0. The highest BCUT2D eigenvalue weighted by molar-refractivity contribution is 6.09. The molecule has 0 unspecified atom stereocenters. The van der Waals surface area contributed by atoms with Crippen LogP contribution in [0.2, 0.25) is 0 Å². The third-order valence-electron chi connectivity index (χ3n) is 5.85. The summed E-state index contributed by atoms with van der Waals surface area (Å²) in [7, 11) is 0. The molecule has 2 amide bonds. The predicted molar refractivity (Wildman–Crippen MR) is 151 cm³/mol. The Labute approximate surface area is 222 Å². The van der Waals surface area contributed by atoms with E-state index in [1.54, 1.807) is 47.5 Å². The Morgan fingerprint density at radius 3 is 2.03 bits per heavy atom. The summed E-state index contributed by atoms with van der Waals surface area (Å²) in [6.45, 7) is 8.39. The molecular formula is C30H33N5O3. The van der Waals surface area contributed by atoms with Crippen LogP contribution in [0, 0.1) is 0 Å². The minimum absolute atomic E-state index is 0.121. The number of carbonyl (C=O) groups excluding carboxylic acids is 2. The molecule has 0 atom stereocenters. The van der Waals surface area contributed by atoms with Crippen LogP contribution in [0.15, 0.2) is 95.9 Å². The van der Waals surface area contributed by atoms with Crippen LogP contribution in [-0.2, 0) is 6.42 Å². The molecule has 2 N–H and O–H groups in total. The van der Waals surface area contributed by atoms with Gasteiger partial charge < -0.3 is 10.6 Å². The quantitative estimate of drug-likeness (QED) is 0.392. The SMILES string of the molecule is C/C=C\C.CC.NC(=O)c1nn(-c2ccccc2)c2c1CCN(c1ccc(-n3ccccc3=O)cc1)C2=O. The number of allylic oxidation sites excluding steroid dienone is 2. The highest BCUT2D eigenvalue weighted by Crippen LogP contribution is 2.29. The molecule has 0 saturated heterocycles. The van der Waals surface area contributed by atoms with Crippen LogP contribution in [0.3, 0.4) is 0 Å². The minimum atomic E-state index is -0.658. The van der Waals surface area contributed by atoms with Crippen LogP contribution >= 0.6 is 0 Å². The lowest BCUT2D eigenvalue weighted by molar-refractivity contribution is 0.0972. The molecular weight excluding hydrogens is 478 g/mol. The molecule has 4 aromatic rings. The third kappa shape index (κ3) is 5.81. The van der Waals surface area contributed by atoms with E-state index in [0.717, 1.165) is 0 Å². The second kappa shape index (κ2) is 13.0. The Morgan fingerprint density at radius 2 is 1.45 bits per heavy atom. The molecule has 38 heavy (non-hydrogen) atoms. The smallest absolute Gasteiger partial charge is 0.277 e. The zero-order chi connectivity index (χ0) is 27.7. The normalized spacial score (nSPS) is 12.2. The fourth-order valence-electron chi connectivity index (χ4n) is 3.99. The van der Waals surface area contributed by atoms with E-state index >= 15 is 0 Å². The number of hydrogen-bond donors (Lipinski definition) is 1. The Kier molecular flexibility index (Phi) is 9.54. The van der Waals surface area contributed by atoms with Gasteiger partial charge >= 0.3 is 0 Å². The standard InChI is InChI=1S/C24H19N5O3.C4H8.C2H6/c25-23(31)21-19-13-15-28(24(32)22(19)29(26-21)18-6-2-1-3-7-18)17-11-9-16(10-12-17)27-14-5-4-8-20(27)30;1-3-4-2;1-2/h1-12,14H,13,15H2,(H2,25,31);3-4H,1-2H3;1-2H3/b;4-3-;. The number of anilines is 1. The summed E-state index contributed by atoms with van der Waals surface area (Å²) < 4.78 is 3.02. The second-order valence-corrected chi connectivity index (χ2v) is 8.09. The van der Waals surface area contributed by atoms with Gasteiger partial charge in [0.15, 0.2) is 5.69 Å². The fourth-order valence-corrected chi connectivity index (χ4v) is 3.99. The molecule has 0 radical (unpaired) electrons. The van der Waals surface area contributed by atoms with Crippen molar-refractivity contribution in [3.05, 3.63) is 118 Å². The van der Waals surface area contributed by atoms with Gasteiger partial charge in [0.1, 0.15) is 5.69 Å². The molecule has 1 aliphatic rings. The summed E-state index contributed by atoms with van der Waals surface area (Å²) in [5.41, 5.74) is 8.49. The maximum absolute atomic E-state index is 13.5. The van der Waals surface area contributed by atoms with Crippen LogP contribution in [0.5, 0.6) is 0 Å². The monoisotopic (exact) mass is 511 g/mol. The number of hydrogen-bond acceptors (Lipinski definition) is 4. The number of nitrogens with zero attached hydrogens (tertiary/aromatic N) is 4. The van der Waals surface area contributed by atoms with Gasteiger partial charge in [-0.2, -0.15) is 5.10 Å². The largest absolute Gasteiger partial charge is 0.364 e. The number of carbonyl (C=O) groups is 2. The minimum Gasteiger partial charge on any atom is -0.364 e. The van der Waals surface area contributed by atoms with Crippen molar-refractivity contribution < 1.29 is 9.59 Å². The number of nitrogens with two attached hydrogens (primary N) is 1. The molecule has 0 saturated carbocycles. The average Bonchev–Trinajstić information content (AvgIpc) is 3.36. The first-order chi connectivity index (χ1) is 18.5. The van der Waals surface area contributed by atoms with Crippen molar-refractivity contribution in [3.63, 3.8) is 0 Å². The van der Waals surface area contributed by atoms with Gasteiger partial charge in [0.25, 0.3) is 17.4 Å². The molecule has 0 aliphatic carbocycles. The highest BCUT2D eigenvalue weighted by atomic mass is 16.2. The molecule has 5 rings (SSSR count). The van der Waals surface area contributed by atoms with Crippen molar-refractivity contribution >= 4 is 17.5 Å². The van der Waals surface area contributed by atoms with Crippen LogP contribution in [0.25, 0.3) is 11.4 Å². The number of fused-ring (bicyclic) bond motifs is 1. The van der Waals surface area contributed by atoms with Crippen molar-refractivity contribution in [3.8, 4) is 11.4 Å². The van der Waals surface area contributed by atoms with E-state index in [9.17, 15) is 14.4 Å². The van der Waals surface area contributed by atoms with Crippen molar-refractivity contribution in [2.24, 2.45) is 5.73 Å².